The van der Waals surface area contributed by atoms with Crippen LogP contribution >= 0.6 is 0 Å². The van der Waals surface area contributed by atoms with E-state index in [1.807, 2.05) is 55.3 Å². The number of anilines is 2. The molecule has 0 aliphatic rings. The van der Waals surface area contributed by atoms with Crippen LogP contribution in [0.1, 0.15) is 16.3 Å². The Morgan fingerprint density at radius 3 is 2.50 bits per heavy atom. The molecule has 0 atom stereocenters. The van der Waals surface area contributed by atoms with Crippen molar-refractivity contribution < 1.29 is 14.7 Å². The number of carbonyl (C=O) groups is 1. The molecule has 0 radical (unpaired) electrons. The van der Waals surface area contributed by atoms with E-state index in [0.29, 0.717) is 11.6 Å². The number of carbonyl (C=O) groups excluding carboxylic acids is 1. The van der Waals surface area contributed by atoms with Gasteiger partial charge in [-0.25, -0.2) is 25.4 Å². The Hall–Kier alpha value is -4.11. The first-order chi connectivity index (χ1) is 14.5. The summed E-state index contributed by atoms with van der Waals surface area (Å²) in [5.41, 5.74) is 3.30. The fraction of sp³-hybridized carbons (Fsp3) is 0.0952. The molecule has 2 heterocycles. The highest BCUT2D eigenvalue weighted by atomic mass is 16.5. The maximum atomic E-state index is 11.3. The molecule has 0 unspecified atom stereocenters. The predicted octanol–water partition coefficient (Wildman–Crippen LogP) is 3.41. The zero-order chi connectivity index (χ0) is 21.1. The molecular formula is C21H18N6O3. The highest BCUT2D eigenvalue weighted by molar-refractivity contribution is 5.91. The molecule has 9 nitrogen and oxygen atoms in total. The summed E-state index contributed by atoms with van der Waals surface area (Å²) in [6.07, 6.45) is 2.52. The number of nitrogens with zero attached hydrogens (tertiary/aromatic N) is 5. The zero-order valence-corrected chi connectivity index (χ0v) is 16.3. The number of fused-ring (bicyclic) bond motifs is 1. The summed E-state index contributed by atoms with van der Waals surface area (Å²) < 4.78 is 5.66. The van der Waals surface area contributed by atoms with Gasteiger partial charge in [0.25, 0.3) is 5.91 Å². The average molecular weight is 402 g/mol. The van der Waals surface area contributed by atoms with Gasteiger partial charge in [0, 0.05) is 18.1 Å². The minimum atomic E-state index is -0.742. The summed E-state index contributed by atoms with van der Waals surface area (Å²) in [4.78, 5) is 30.3. The third-order valence-corrected chi connectivity index (χ3v) is 4.42. The van der Waals surface area contributed by atoms with Crippen LogP contribution in [0.2, 0.25) is 0 Å². The topological polar surface area (TPSA) is 113 Å². The number of ether oxygens (including phenoxy) is 1. The average Bonchev–Trinajstić information content (AvgIpc) is 2.78. The second kappa shape index (κ2) is 8.10. The normalized spacial score (nSPS) is 10.6. The van der Waals surface area contributed by atoms with Crippen LogP contribution in [0.3, 0.4) is 0 Å². The number of nitrogens with one attached hydrogen (secondary N) is 1. The zero-order valence-electron chi connectivity index (χ0n) is 16.3. The van der Waals surface area contributed by atoms with E-state index in [4.69, 9.17) is 9.94 Å². The van der Waals surface area contributed by atoms with Crippen LogP contribution in [0.25, 0.3) is 10.9 Å². The van der Waals surface area contributed by atoms with Crippen LogP contribution in [-0.2, 0) is 0 Å². The van der Waals surface area contributed by atoms with Gasteiger partial charge in [0.15, 0.2) is 0 Å². The van der Waals surface area contributed by atoms with Gasteiger partial charge in [0.1, 0.15) is 23.1 Å². The van der Waals surface area contributed by atoms with Gasteiger partial charge in [-0.15, -0.1) is 0 Å². The van der Waals surface area contributed by atoms with Gasteiger partial charge in [0.05, 0.1) is 17.9 Å². The number of aryl methyl sites for hydroxylation is 1. The molecule has 0 saturated carbocycles. The number of hydrogen-bond donors (Lipinski definition) is 2. The lowest BCUT2D eigenvalue weighted by Crippen LogP contribution is -2.20. The van der Waals surface area contributed by atoms with E-state index in [0.717, 1.165) is 22.4 Å². The van der Waals surface area contributed by atoms with Gasteiger partial charge in [-0.2, -0.15) is 0 Å². The molecule has 0 bridgehead atoms. The Morgan fingerprint density at radius 1 is 1.03 bits per heavy atom. The molecule has 4 aromatic rings. The van der Waals surface area contributed by atoms with Crippen LogP contribution < -0.4 is 15.1 Å². The van der Waals surface area contributed by atoms with Crippen molar-refractivity contribution in [2.24, 2.45) is 0 Å². The van der Waals surface area contributed by atoms with Gasteiger partial charge in [0.2, 0.25) is 5.88 Å². The fourth-order valence-electron chi connectivity index (χ4n) is 2.95. The molecule has 0 fully saturated rings. The van der Waals surface area contributed by atoms with E-state index in [1.54, 1.807) is 12.1 Å². The van der Waals surface area contributed by atoms with Crippen LogP contribution in [0.15, 0.2) is 60.9 Å². The molecular weight excluding hydrogens is 384 g/mol. The first kappa shape index (κ1) is 19.2. The van der Waals surface area contributed by atoms with E-state index in [2.05, 4.69) is 19.9 Å². The minimum absolute atomic E-state index is 0.0193. The quantitative estimate of drug-likeness (QED) is 0.386. The molecule has 0 aliphatic heterocycles. The predicted molar refractivity (Wildman–Crippen MR) is 110 cm³/mol. The van der Waals surface area contributed by atoms with Crippen LogP contribution in [-0.4, -0.2) is 38.1 Å². The lowest BCUT2D eigenvalue weighted by atomic mass is 10.2. The van der Waals surface area contributed by atoms with Crippen molar-refractivity contribution in [1.29, 1.82) is 0 Å². The van der Waals surface area contributed by atoms with E-state index in [9.17, 15) is 4.79 Å². The van der Waals surface area contributed by atoms with Crippen molar-refractivity contribution in [3.05, 3.63) is 72.4 Å². The molecule has 2 N–H and O–H groups in total. The Labute approximate surface area is 172 Å². The van der Waals surface area contributed by atoms with Crippen LogP contribution in [0.4, 0.5) is 11.5 Å². The smallest absolute Gasteiger partial charge is 0.294 e. The van der Waals surface area contributed by atoms with Crippen LogP contribution in [0.5, 0.6) is 11.6 Å². The number of aromatic nitrogens is 4. The lowest BCUT2D eigenvalue weighted by molar-refractivity contribution is 0.0700. The van der Waals surface area contributed by atoms with Crippen molar-refractivity contribution in [3.63, 3.8) is 0 Å². The molecule has 9 heteroatoms. The van der Waals surface area contributed by atoms with E-state index in [1.165, 1.54) is 17.9 Å². The molecule has 2 aromatic carbocycles. The number of rotatable bonds is 5. The van der Waals surface area contributed by atoms with Crippen molar-refractivity contribution >= 4 is 28.3 Å². The number of hydrogen-bond acceptors (Lipinski definition) is 8. The SMILES string of the molecule is Cc1nc(N(C)c2ccc(Oc3cnc(C(=O)NO)cn3)cc2)c2ccccc2n1. The highest BCUT2D eigenvalue weighted by Gasteiger charge is 2.12. The molecule has 0 aliphatic carbocycles. The third-order valence-electron chi connectivity index (χ3n) is 4.42. The number of benzene rings is 2. The Bertz CT molecular complexity index is 1200. The van der Waals surface area contributed by atoms with E-state index < -0.39 is 5.91 Å². The summed E-state index contributed by atoms with van der Waals surface area (Å²) >= 11 is 0. The van der Waals surface area contributed by atoms with Gasteiger partial charge in [-0.3, -0.25) is 10.0 Å². The van der Waals surface area contributed by atoms with Gasteiger partial charge < -0.3 is 9.64 Å². The first-order valence-electron chi connectivity index (χ1n) is 9.06. The summed E-state index contributed by atoms with van der Waals surface area (Å²) in [6.45, 7) is 1.87. The summed E-state index contributed by atoms with van der Waals surface area (Å²) in [7, 11) is 1.94. The Morgan fingerprint density at radius 2 is 1.80 bits per heavy atom. The van der Waals surface area contributed by atoms with Gasteiger partial charge in [-0.05, 0) is 43.3 Å². The molecule has 2 aromatic heterocycles. The number of hydroxylamine groups is 1. The molecule has 4 rings (SSSR count). The summed E-state index contributed by atoms with van der Waals surface area (Å²) in [6, 6.07) is 15.3. The molecule has 0 saturated heterocycles. The Balaban J connectivity index is 1.54. The van der Waals surface area contributed by atoms with Crippen molar-refractivity contribution in [1.82, 2.24) is 25.4 Å². The minimum Gasteiger partial charge on any atom is -0.438 e. The maximum absolute atomic E-state index is 11.3. The first-order valence-corrected chi connectivity index (χ1v) is 9.06. The lowest BCUT2D eigenvalue weighted by Gasteiger charge is -2.20. The standard InChI is InChI=1S/C21H18N6O3/c1-13-24-17-6-4-3-5-16(17)20(25-13)27(2)14-7-9-15(10-8-14)30-19-12-22-18(11-23-19)21(28)26-29/h3-12,29H,1-2H3,(H,26,28). The fourth-order valence-corrected chi connectivity index (χ4v) is 2.95. The Kier molecular flexibility index (Phi) is 5.19. The monoisotopic (exact) mass is 402 g/mol. The molecule has 150 valence electrons. The van der Waals surface area contributed by atoms with Crippen LogP contribution in [0, 0.1) is 6.92 Å². The van der Waals surface area contributed by atoms with Crippen molar-refractivity contribution in [3.8, 4) is 11.6 Å². The summed E-state index contributed by atoms with van der Waals surface area (Å²) in [5.74, 6) is 1.56. The molecule has 30 heavy (non-hydrogen) atoms. The highest BCUT2D eigenvalue weighted by Crippen LogP contribution is 2.30. The second-order valence-corrected chi connectivity index (χ2v) is 6.45. The van der Waals surface area contributed by atoms with Gasteiger partial charge >= 0.3 is 0 Å². The van der Waals surface area contributed by atoms with Crippen molar-refractivity contribution in [2.45, 2.75) is 6.92 Å². The van der Waals surface area contributed by atoms with E-state index >= 15 is 0 Å². The second-order valence-electron chi connectivity index (χ2n) is 6.45. The molecule has 1 amide bonds. The largest absolute Gasteiger partial charge is 0.438 e. The maximum Gasteiger partial charge on any atom is 0.294 e. The van der Waals surface area contributed by atoms with Gasteiger partial charge in [-0.1, -0.05) is 12.1 Å². The number of para-hydroxylation sites is 1. The van der Waals surface area contributed by atoms with Crippen molar-refractivity contribution in [2.75, 3.05) is 11.9 Å². The summed E-state index contributed by atoms with van der Waals surface area (Å²) in [5, 5.41) is 9.57. The van der Waals surface area contributed by atoms with E-state index in [-0.39, 0.29) is 11.6 Å². The molecule has 0 spiro atoms. The third kappa shape index (κ3) is 3.87. The number of amides is 1.